The van der Waals surface area contributed by atoms with Gasteiger partial charge in [-0.25, -0.2) is 9.59 Å². The normalized spacial score (nSPS) is 15.6. The van der Waals surface area contributed by atoms with Gasteiger partial charge in [0.2, 0.25) is 6.29 Å². The minimum Gasteiger partial charge on any atom is -0.772 e. The summed E-state index contributed by atoms with van der Waals surface area (Å²) in [6.45, 7) is 6.59. The summed E-state index contributed by atoms with van der Waals surface area (Å²) in [5.74, 6) is -2.02. The van der Waals surface area contributed by atoms with Crippen LogP contribution in [0.5, 0.6) is 0 Å². The zero-order valence-electron chi connectivity index (χ0n) is 16.4. The number of carbonyl (C=O) groups is 2. The van der Waals surface area contributed by atoms with E-state index in [1.807, 2.05) is 0 Å². The summed E-state index contributed by atoms with van der Waals surface area (Å²) < 4.78 is 63.3. The van der Waals surface area contributed by atoms with Gasteiger partial charge in [-0.15, -0.1) is 0 Å². The second kappa shape index (κ2) is 11.7. The van der Waals surface area contributed by atoms with Gasteiger partial charge < -0.3 is 23.9 Å². The molecule has 0 aliphatic heterocycles. The van der Waals surface area contributed by atoms with E-state index in [-0.39, 0.29) is 12.2 Å². The first-order valence-corrected chi connectivity index (χ1v) is 11.2. The van der Waals surface area contributed by atoms with Crippen molar-refractivity contribution in [2.24, 2.45) is 5.41 Å². The van der Waals surface area contributed by atoms with Crippen molar-refractivity contribution in [3.8, 4) is 0 Å². The van der Waals surface area contributed by atoms with Gasteiger partial charge in [-0.3, -0.25) is 8.39 Å². The molecular weight excluding hydrogens is 420 g/mol. The summed E-state index contributed by atoms with van der Waals surface area (Å²) in [5.41, 5.74) is -1.37. The summed E-state index contributed by atoms with van der Waals surface area (Å²) >= 11 is -2.36. The highest BCUT2D eigenvalue weighted by molar-refractivity contribution is 7.86. The van der Waals surface area contributed by atoms with E-state index in [1.54, 1.807) is 13.8 Å². The van der Waals surface area contributed by atoms with Crippen LogP contribution in [0.3, 0.4) is 0 Å². The van der Waals surface area contributed by atoms with Crippen LogP contribution in [0.25, 0.3) is 0 Å². The maximum absolute atomic E-state index is 12.0. The van der Waals surface area contributed by atoms with Gasteiger partial charge in [0.05, 0.1) is 18.5 Å². The largest absolute Gasteiger partial charge is 0.772 e. The molecule has 11 nitrogen and oxygen atoms in total. The fourth-order valence-electron chi connectivity index (χ4n) is 1.66. The Bertz CT molecular complexity index is 642. The molecule has 0 amide bonds. The van der Waals surface area contributed by atoms with Crippen LogP contribution in [0.15, 0.2) is 0 Å². The lowest BCUT2D eigenvalue weighted by molar-refractivity contribution is -0.184. The maximum Gasteiger partial charge on any atom is 0.511 e. The SMILES string of the molecule is CC(C)OC(=O)OC(C)OC(=O)[C@@H](O)C(C)(C)COS(=O)(=O)CCCS(=O)[O-]. The van der Waals surface area contributed by atoms with E-state index in [0.29, 0.717) is 0 Å². The second-order valence-electron chi connectivity index (χ2n) is 6.82. The topological polar surface area (TPSA) is 166 Å². The Hall–Kier alpha value is -1.28. The van der Waals surface area contributed by atoms with E-state index in [9.17, 15) is 31.9 Å². The Balaban J connectivity index is 4.62. The zero-order chi connectivity index (χ0) is 22.1. The predicted octanol–water partition coefficient (Wildman–Crippen LogP) is 0.440. The molecule has 2 unspecified atom stereocenters. The summed E-state index contributed by atoms with van der Waals surface area (Å²) in [6.07, 6.45) is -4.78. The molecule has 0 aromatic heterocycles. The molecule has 0 bridgehead atoms. The van der Waals surface area contributed by atoms with Crippen molar-refractivity contribution >= 4 is 33.3 Å². The number of hydrogen-bond donors (Lipinski definition) is 1. The lowest BCUT2D eigenvalue weighted by Crippen LogP contribution is -2.43. The van der Waals surface area contributed by atoms with Crippen molar-refractivity contribution in [3.63, 3.8) is 0 Å². The maximum atomic E-state index is 12.0. The van der Waals surface area contributed by atoms with Crippen molar-refractivity contribution in [2.75, 3.05) is 18.1 Å². The highest BCUT2D eigenvalue weighted by atomic mass is 32.2. The lowest BCUT2D eigenvalue weighted by Gasteiger charge is -2.29. The first-order chi connectivity index (χ1) is 12.7. The molecule has 13 heteroatoms. The average molecular weight is 448 g/mol. The highest BCUT2D eigenvalue weighted by Gasteiger charge is 2.37. The lowest BCUT2D eigenvalue weighted by atomic mass is 9.88. The van der Waals surface area contributed by atoms with Gasteiger partial charge >= 0.3 is 12.1 Å². The molecule has 3 atom stereocenters. The summed E-state index contributed by atoms with van der Waals surface area (Å²) in [6, 6.07) is 0. The van der Waals surface area contributed by atoms with Crippen molar-refractivity contribution in [3.05, 3.63) is 0 Å². The molecule has 0 aliphatic rings. The Morgan fingerprint density at radius 2 is 1.71 bits per heavy atom. The van der Waals surface area contributed by atoms with Crippen molar-refractivity contribution in [2.45, 2.75) is 59.5 Å². The Labute approximate surface area is 167 Å². The van der Waals surface area contributed by atoms with Crippen LogP contribution in [0, 0.1) is 5.41 Å². The van der Waals surface area contributed by atoms with Crippen LogP contribution in [0.2, 0.25) is 0 Å². The molecule has 0 aromatic carbocycles. The first kappa shape index (κ1) is 26.7. The molecule has 28 heavy (non-hydrogen) atoms. The molecule has 0 saturated heterocycles. The van der Waals surface area contributed by atoms with Crippen molar-refractivity contribution < 1.29 is 50.3 Å². The summed E-state index contributed by atoms with van der Waals surface area (Å²) in [7, 11) is -4.04. The Morgan fingerprint density at radius 3 is 2.21 bits per heavy atom. The molecule has 0 fully saturated rings. The molecule has 0 heterocycles. The standard InChI is InChI=1S/C15H28O11S2/c1-10(2)24-14(18)26-11(3)25-13(17)12(16)15(4,5)9-23-28(21,22)8-6-7-27(19)20/h10-12,16H,6-9H2,1-5H3,(H,19,20)/p-1/t11?,12-/m1/s1. The number of esters is 1. The minimum atomic E-state index is -4.04. The molecule has 0 saturated carbocycles. The van der Waals surface area contributed by atoms with E-state index in [0.717, 1.165) is 0 Å². The molecule has 0 radical (unpaired) electrons. The van der Waals surface area contributed by atoms with Gasteiger partial charge in [-0.2, -0.15) is 8.42 Å². The van der Waals surface area contributed by atoms with Crippen LogP contribution in [-0.2, 0) is 44.4 Å². The predicted molar refractivity (Wildman–Crippen MR) is 96.2 cm³/mol. The highest BCUT2D eigenvalue weighted by Crippen LogP contribution is 2.24. The molecule has 0 aliphatic carbocycles. The number of hydrogen-bond acceptors (Lipinski definition) is 11. The fourth-order valence-corrected chi connectivity index (χ4v) is 3.32. The van der Waals surface area contributed by atoms with E-state index >= 15 is 0 Å². The summed E-state index contributed by atoms with van der Waals surface area (Å²) in [5, 5.41) is 10.1. The molecule has 0 aromatic rings. The van der Waals surface area contributed by atoms with Crippen LogP contribution in [0.4, 0.5) is 4.79 Å². The minimum absolute atomic E-state index is 0.148. The molecule has 0 rings (SSSR count). The van der Waals surface area contributed by atoms with E-state index in [4.69, 9.17) is 13.7 Å². The van der Waals surface area contributed by atoms with Gasteiger partial charge in [-0.1, -0.05) is 24.9 Å². The quantitative estimate of drug-likeness (QED) is 0.191. The van der Waals surface area contributed by atoms with E-state index in [2.05, 4.69) is 4.74 Å². The molecule has 1 N–H and O–H groups in total. The Kier molecular flexibility index (Phi) is 11.1. The fraction of sp³-hybridized carbons (Fsp3) is 0.867. The van der Waals surface area contributed by atoms with Crippen LogP contribution >= 0.6 is 0 Å². The molecular formula is C15H27O11S2-. The van der Waals surface area contributed by atoms with Gasteiger partial charge in [0, 0.05) is 18.1 Å². The van der Waals surface area contributed by atoms with Gasteiger partial charge in [0.15, 0.2) is 6.10 Å². The van der Waals surface area contributed by atoms with Gasteiger partial charge in [-0.05, 0) is 20.3 Å². The monoisotopic (exact) mass is 447 g/mol. The third kappa shape index (κ3) is 11.5. The van der Waals surface area contributed by atoms with Gasteiger partial charge in [0.1, 0.15) is 0 Å². The number of aliphatic hydroxyl groups excluding tert-OH is 1. The van der Waals surface area contributed by atoms with Crippen LogP contribution < -0.4 is 0 Å². The number of ether oxygens (including phenoxy) is 3. The molecule has 166 valence electrons. The van der Waals surface area contributed by atoms with Crippen molar-refractivity contribution in [1.82, 2.24) is 0 Å². The van der Waals surface area contributed by atoms with Crippen LogP contribution in [-0.4, -0.2) is 71.0 Å². The zero-order valence-corrected chi connectivity index (χ0v) is 18.0. The average Bonchev–Trinajstić information content (AvgIpc) is 2.50. The third-order valence-corrected chi connectivity index (χ3v) is 5.04. The molecule has 0 spiro atoms. The van der Waals surface area contributed by atoms with Crippen molar-refractivity contribution in [1.29, 1.82) is 0 Å². The first-order valence-electron chi connectivity index (χ1n) is 8.35. The van der Waals surface area contributed by atoms with Crippen LogP contribution in [0.1, 0.15) is 41.0 Å². The van der Waals surface area contributed by atoms with E-state index < -0.39 is 69.6 Å². The van der Waals surface area contributed by atoms with Gasteiger partial charge in [0.25, 0.3) is 10.1 Å². The number of carbonyl (C=O) groups excluding carboxylic acids is 2. The number of rotatable bonds is 12. The third-order valence-electron chi connectivity index (χ3n) is 3.16. The smallest absolute Gasteiger partial charge is 0.511 e. The number of aliphatic hydroxyl groups is 1. The Morgan fingerprint density at radius 1 is 1.14 bits per heavy atom. The second-order valence-corrected chi connectivity index (χ2v) is 9.59. The van der Waals surface area contributed by atoms with E-state index in [1.165, 1.54) is 20.8 Å². The summed E-state index contributed by atoms with van der Waals surface area (Å²) in [4.78, 5) is 23.3.